The molecule has 0 fully saturated rings. The second-order valence-electron chi connectivity index (χ2n) is 6.27. The summed E-state index contributed by atoms with van der Waals surface area (Å²) in [5, 5.41) is 0.989. The topological polar surface area (TPSA) is 55.6 Å². The number of likely N-dealkylation sites (N-methyl/N-ethyl adjacent to an activating group) is 1. The molecule has 1 heterocycles. The van der Waals surface area contributed by atoms with E-state index < -0.39 is 5.97 Å². The number of oxazole rings is 1. The fourth-order valence-corrected chi connectivity index (χ4v) is 2.81. The predicted octanol–water partition coefficient (Wildman–Crippen LogP) is 4.91. The van der Waals surface area contributed by atoms with Crippen LogP contribution < -0.4 is 0 Å². The van der Waals surface area contributed by atoms with Crippen molar-refractivity contribution in [3.8, 4) is 11.5 Å². The molecule has 1 aromatic heterocycles. The van der Waals surface area contributed by atoms with Gasteiger partial charge in [-0.3, -0.25) is 0 Å². The molecule has 5 nitrogen and oxygen atoms in total. The van der Waals surface area contributed by atoms with Crippen molar-refractivity contribution >= 4 is 40.3 Å². The number of nitrogens with zero attached hydrogens (tertiary/aromatic N) is 2. The van der Waals surface area contributed by atoms with E-state index in [0.717, 1.165) is 0 Å². The molecule has 0 aliphatic heterocycles. The van der Waals surface area contributed by atoms with E-state index in [1.165, 1.54) is 0 Å². The van der Waals surface area contributed by atoms with Crippen LogP contribution in [-0.4, -0.2) is 42.6 Å². The van der Waals surface area contributed by atoms with Crippen LogP contribution in [0.5, 0.6) is 0 Å². The van der Waals surface area contributed by atoms with Gasteiger partial charge in [0.25, 0.3) is 0 Å². The van der Waals surface area contributed by atoms with Crippen LogP contribution in [-0.2, 0) is 4.74 Å². The molecule has 0 aliphatic carbocycles. The molecule has 136 valence electrons. The summed E-state index contributed by atoms with van der Waals surface area (Å²) in [6, 6.07) is 10.2. The molecule has 0 spiro atoms. The molecule has 1 atom stereocenters. The highest BCUT2D eigenvalue weighted by Gasteiger charge is 2.15. The fourth-order valence-electron chi connectivity index (χ4n) is 2.28. The van der Waals surface area contributed by atoms with Gasteiger partial charge >= 0.3 is 5.97 Å². The molecule has 0 saturated heterocycles. The maximum absolute atomic E-state index is 12.2. The molecule has 7 heteroatoms. The van der Waals surface area contributed by atoms with Gasteiger partial charge in [-0.25, -0.2) is 9.78 Å². The summed E-state index contributed by atoms with van der Waals surface area (Å²) in [5.74, 6) is -0.0134. The maximum atomic E-state index is 12.2. The smallest absolute Gasteiger partial charge is 0.338 e. The van der Waals surface area contributed by atoms with Gasteiger partial charge in [-0.15, -0.1) is 0 Å². The number of hydrogen-bond acceptors (Lipinski definition) is 5. The summed E-state index contributed by atoms with van der Waals surface area (Å²) in [6.45, 7) is 2.29. The number of aromatic nitrogens is 1. The van der Waals surface area contributed by atoms with Crippen LogP contribution in [0.25, 0.3) is 22.6 Å². The number of fused-ring (bicyclic) bond motifs is 1. The second-order valence-corrected chi connectivity index (χ2v) is 7.14. The Bertz CT molecular complexity index is 933. The first-order valence-electron chi connectivity index (χ1n) is 8.04. The Morgan fingerprint density at radius 3 is 2.54 bits per heavy atom. The van der Waals surface area contributed by atoms with E-state index in [2.05, 4.69) is 4.98 Å². The minimum atomic E-state index is -0.399. The normalized spacial score (nSPS) is 12.5. The Morgan fingerprint density at radius 2 is 1.88 bits per heavy atom. The van der Waals surface area contributed by atoms with E-state index in [4.69, 9.17) is 32.4 Å². The molecule has 3 aromatic rings. The lowest BCUT2D eigenvalue weighted by Crippen LogP contribution is -2.30. The highest BCUT2D eigenvalue weighted by atomic mass is 35.5. The van der Waals surface area contributed by atoms with E-state index >= 15 is 0 Å². The van der Waals surface area contributed by atoms with Crippen LogP contribution in [0.2, 0.25) is 10.0 Å². The van der Waals surface area contributed by atoms with Crippen molar-refractivity contribution in [2.45, 2.75) is 13.0 Å². The Morgan fingerprint density at radius 1 is 1.19 bits per heavy atom. The minimum Gasteiger partial charge on any atom is -0.460 e. The van der Waals surface area contributed by atoms with Crippen molar-refractivity contribution in [2.75, 3.05) is 20.7 Å². The molecule has 2 aromatic carbocycles. The summed E-state index contributed by atoms with van der Waals surface area (Å²) in [5.41, 5.74) is 2.21. The summed E-state index contributed by atoms with van der Waals surface area (Å²) in [6.07, 6.45) is 0. The van der Waals surface area contributed by atoms with Gasteiger partial charge in [-0.2, -0.15) is 0 Å². The fraction of sp³-hybridized carbons (Fsp3) is 0.263. The van der Waals surface area contributed by atoms with Crippen molar-refractivity contribution in [3.63, 3.8) is 0 Å². The zero-order valence-electron chi connectivity index (χ0n) is 14.6. The molecule has 0 unspecified atom stereocenters. The monoisotopic (exact) mass is 392 g/mol. The Balaban J connectivity index is 1.84. The number of carbonyl (C=O) groups is 1. The van der Waals surface area contributed by atoms with E-state index in [0.29, 0.717) is 44.8 Å². The molecule has 3 rings (SSSR count). The highest BCUT2D eigenvalue weighted by Crippen LogP contribution is 2.29. The summed E-state index contributed by atoms with van der Waals surface area (Å²) >= 11 is 12.1. The Kier molecular flexibility index (Phi) is 5.51. The quantitative estimate of drug-likeness (QED) is 0.577. The van der Waals surface area contributed by atoms with Crippen molar-refractivity contribution in [1.82, 2.24) is 9.88 Å². The molecule has 0 radical (unpaired) electrons. The number of halogens is 2. The summed E-state index contributed by atoms with van der Waals surface area (Å²) in [4.78, 5) is 18.6. The third kappa shape index (κ3) is 4.18. The van der Waals surface area contributed by atoms with Gasteiger partial charge in [0.05, 0.1) is 5.56 Å². The Hall–Kier alpha value is -2.08. The third-order valence-electron chi connectivity index (χ3n) is 4.07. The Labute approximate surface area is 161 Å². The van der Waals surface area contributed by atoms with E-state index in [1.807, 2.05) is 25.9 Å². The number of rotatable bonds is 5. The van der Waals surface area contributed by atoms with Crippen LogP contribution in [0.3, 0.4) is 0 Å². The first-order chi connectivity index (χ1) is 12.3. The zero-order chi connectivity index (χ0) is 18.8. The van der Waals surface area contributed by atoms with Gasteiger partial charge in [-0.05, 0) is 57.4 Å². The average molecular weight is 393 g/mol. The average Bonchev–Trinajstić information content (AvgIpc) is 3.01. The van der Waals surface area contributed by atoms with Crippen molar-refractivity contribution in [1.29, 1.82) is 0 Å². The molecular formula is C19H18Cl2N2O3. The molecule has 0 aliphatic rings. The van der Waals surface area contributed by atoms with Gasteiger partial charge in [0.1, 0.15) is 12.1 Å². The van der Waals surface area contributed by atoms with Gasteiger partial charge in [0, 0.05) is 21.7 Å². The van der Waals surface area contributed by atoms with E-state index in [9.17, 15) is 4.79 Å². The molecular weight excluding hydrogens is 375 g/mol. The third-order valence-corrected chi connectivity index (χ3v) is 4.51. The van der Waals surface area contributed by atoms with E-state index in [-0.39, 0.29) is 6.04 Å². The summed E-state index contributed by atoms with van der Waals surface area (Å²) in [7, 11) is 3.87. The van der Waals surface area contributed by atoms with Crippen molar-refractivity contribution in [3.05, 3.63) is 52.0 Å². The molecule has 0 bridgehead atoms. The SMILES string of the molecule is C[C@H](COC(=O)c1ccc2nc(-c3cc(Cl)cc(Cl)c3)oc2c1)N(C)C. The van der Waals surface area contributed by atoms with Gasteiger partial charge < -0.3 is 14.1 Å². The highest BCUT2D eigenvalue weighted by molar-refractivity contribution is 6.35. The van der Waals surface area contributed by atoms with Crippen molar-refractivity contribution in [2.24, 2.45) is 0 Å². The number of ether oxygens (including phenoxy) is 1. The lowest BCUT2D eigenvalue weighted by molar-refractivity contribution is 0.0416. The van der Waals surface area contributed by atoms with Crippen LogP contribution in [0.15, 0.2) is 40.8 Å². The molecule has 26 heavy (non-hydrogen) atoms. The standard InChI is InChI=1S/C19H18Cl2N2O3/c1-11(23(2)3)10-25-19(24)12-4-5-16-17(8-12)26-18(22-16)13-6-14(20)9-15(21)7-13/h4-9,11H,10H2,1-3H3/t11-/m1/s1. The summed E-state index contributed by atoms with van der Waals surface area (Å²) < 4.78 is 11.1. The number of benzene rings is 2. The number of hydrogen-bond donors (Lipinski definition) is 0. The first kappa shape index (κ1) is 18.7. The van der Waals surface area contributed by atoms with E-state index in [1.54, 1.807) is 36.4 Å². The first-order valence-corrected chi connectivity index (χ1v) is 8.79. The van der Waals surface area contributed by atoms with Gasteiger partial charge in [-0.1, -0.05) is 23.2 Å². The molecule has 0 N–H and O–H groups in total. The van der Waals surface area contributed by atoms with Crippen LogP contribution in [0.4, 0.5) is 0 Å². The van der Waals surface area contributed by atoms with Crippen LogP contribution >= 0.6 is 23.2 Å². The number of carbonyl (C=O) groups excluding carboxylic acids is 1. The number of esters is 1. The second kappa shape index (κ2) is 7.66. The largest absolute Gasteiger partial charge is 0.460 e. The van der Waals surface area contributed by atoms with Gasteiger partial charge in [0.2, 0.25) is 5.89 Å². The lowest BCUT2D eigenvalue weighted by atomic mass is 10.2. The lowest BCUT2D eigenvalue weighted by Gasteiger charge is -2.19. The maximum Gasteiger partial charge on any atom is 0.338 e. The van der Waals surface area contributed by atoms with Crippen LogP contribution in [0, 0.1) is 0 Å². The predicted molar refractivity (Wildman–Crippen MR) is 103 cm³/mol. The van der Waals surface area contributed by atoms with Crippen molar-refractivity contribution < 1.29 is 13.9 Å². The van der Waals surface area contributed by atoms with Crippen LogP contribution in [0.1, 0.15) is 17.3 Å². The zero-order valence-corrected chi connectivity index (χ0v) is 16.1. The molecule has 0 amide bonds. The van der Waals surface area contributed by atoms with Gasteiger partial charge in [0.15, 0.2) is 5.58 Å². The molecule has 0 saturated carbocycles. The minimum absolute atomic E-state index is 0.132.